The Bertz CT molecular complexity index is 1180. The lowest BCUT2D eigenvalue weighted by Gasteiger charge is -2.04. The lowest BCUT2D eigenvalue weighted by molar-refractivity contribution is 0.101. The maximum Gasteiger partial charge on any atom is 0.322 e. The molecule has 0 aliphatic heterocycles. The molecule has 0 saturated heterocycles. The second kappa shape index (κ2) is 9.17. The molecule has 31 heavy (non-hydrogen) atoms. The summed E-state index contributed by atoms with van der Waals surface area (Å²) in [5.41, 5.74) is 3.81. The summed E-state index contributed by atoms with van der Waals surface area (Å²) in [7, 11) is 0. The van der Waals surface area contributed by atoms with Crippen LogP contribution in [0.3, 0.4) is 0 Å². The van der Waals surface area contributed by atoms with Gasteiger partial charge in [0, 0.05) is 16.7 Å². The fourth-order valence-electron chi connectivity index (χ4n) is 3.14. The normalized spacial score (nSPS) is 10.6. The van der Waals surface area contributed by atoms with Crippen molar-refractivity contribution in [3.8, 4) is 0 Å². The molecule has 0 aliphatic carbocycles. The van der Waals surface area contributed by atoms with Gasteiger partial charge in [-0.25, -0.2) is 0 Å². The van der Waals surface area contributed by atoms with Gasteiger partial charge in [0.2, 0.25) is 5.89 Å². The van der Waals surface area contributed by atoms with Crippen LogP contribution in [-0.2, 0) is 12.8 Å². The molecule has 0 saturated carbocycles. The summed E-state index contributed by atoms with van der Waals surface area (Å²) in [5, 5.41) is 10.5. The van der Waals surface area contributed by atoms with E-state index in [0.717, 1.165) is 12.0 Å². The van der Waals surface area contributed by atoms with E-state index >= 15 is 0 Å². The molecular weight excluding hydrogens is 390 g/mol. The zero-order valence-electron chi connectivity index (χ0n) is 17.0. The fourth-order valence-corrected chi connectivity index (χ4v) is 3.14. The molecule has 4 rings (SSSR count). The number of hydrogen-bond acceptors (Lipinski definition) is 5. The Labute approximate surface area is 180 Å². The number of carbonyl (C=O) groups excluding carboxylic acids is 2. The summed E-state index contributed by atoms with van der Waals surface area (Å²) in [6.45, 7) is 2.11. The molecular formula is C25H21N3O3. The Kier molecular flexibility index (Phi) is 5.98. The van der Waals surface area contributed by atoms with Gasteiger partial charge in [-0.15, -0.1) is 5.10 Å². The van der Waals surface area contributed by atoms with Gasteiger partial charge in [0.1, 0.15) is 0 Å². The van der Waals surface area contributed by atoms with Gasteiger partial charge in [0.05, 0.1) is 6.42 Å². The standard InChI is InChI=1S/C25H21N3O3/c1-2-17-8-10-18(11-9-17)16-22-27-28-25(31-22)26-24(30)21-14-12-20(13-15-21)23(29)19-6-4-3-5-7-19/h3-15H,2,16H2,1H3,(H,26,28,30). The highest BCUT2D eigenvalue weighted by molar-refractivity contribution is 6.10. The van der Waals surface area contributed by atoms with E-state index in [2.05, 4.69) is 34.6 Å². The number of ketones is 1. The third-order valence-corrected chi connectivity index (χ3v) is 4.92. The topological polar surface area (TPSA) is 85.1 Å². The SMILES string of the molecule is CCc1ccc(Cc2nnc(NC(=O)c3ccc(C(=O)c4ccccc4)cc3)o2)cc1. The van der Waals surface area contributed by atoms with Crippen molar-refractivity contribution in [3.05, 3.63) is 113 Å². The second-order valence-electron chi connectivity index (χ2n) is 7.07. The van der Waals surface area contributed by atoms with Crippen molar-refractivity contribution >= 4 is 17.7 Å². The summed E-state index contributed by atoms with van der Waals surface area (Å²) in [6.07, 6.45) is 1.47. The van der Waals surface area contributed by atoms with Gasteiger partial charge in [-0.2, -0.15) is 0 Å². The third kappa shape index (κ3) is 4.93. The zero-order chi connectivity index (χ0) is 21.6. The van der Waals surface area contributed by atoms with Crippen molar-refractivity contribution < 1.29 is 14.0 Å². The molecule has 1 N–H and O–H groups in total. The lowest BCUT2D eigenvalue weighted by Crippen LogP contribution is -2.12. The minimum absolute atomic E-state index is 0.0367. The number of nitrogens with one attached hydrogen (secondary N) is 1. The molecule has 4 aromatic rings. The molecule has 6 nitrogen and oxygen atoms in total. The van der Waals surface area contributed by atoms with Crippen LogP contribution in [0.1, 0.15) is 50.2 Å². The zero-order valence-corrected chi connectivity index (χ0v) is 17.0. The minimum Gasteiger partial charge on any atom is -0.407 e. The highest BCUT2D eigenvalue weighted by Crippen LogP contribution is 2.15. The Morgan fingerprint density at radius 2 is 1.39 bits per heavy atom. The van der Waals surface area contributed by atoms with Crippen LogP contribution >= 0.6 is 0 Å². The van der Waals surface area contributed by atoms with Gasteiger partial charge in [-0.3, -0.25) is 14.9 Å². The van der Waals surface area contributed by atoms with Crippen LogP contribution in [-0.4, -0.2) is 21.9 Å². The summed E-state index contributed by atoms with van der Waals surface area (Å²) in [5.74, 6) is -0.0642. The number of aromatic nitrogens is 2. The molecule has 0 aliphatic rings. The number of carbonyl (C=O) groups is 2. The first-order valence-electron chi connectivity index (χ1n) is 10.0. The Morgan fingerprint density at radius 1 is 0.774 bits per heavy atom. The first-order chi connectivity index (χ1) is 15.1. The first-order valence-corrected chi connectivity index (χ1v) is 10.0. The molecule has 6 heteroatoms. The molecule has 1 aromatic heterocycles. The van der Waals surface area contributed by atoms with Crippen molar-refractivity contribution in [2.75, 3.05) is 5.32 Å². The van der Waals surface area contributed by atoms with E-state index in [4.69, 9.17) is 4.42 Å². The van der Waals surface area contributed by atoms with E-state index < -0.39 is 0 Å². The first kappa shape index (κ1) is 20.2. The molecule has 0 atom stereocenters. The number of rotatable bonds is 7. The molecule has 0 radical (unpaired) electrons. The van der Waals surface area contributed by atoms with Crippen LogP contribution in [0.25, 0.3) is 0 Å². The number of nitrogens with zero attached hydrogens (tertiary/aromatic N) is 2. The molecule has 0 unspecified atom stereocenters. The van der Waals surface area contributed by atoms with Crippen molar-refractivity contribution in [2.45, 2.75) is 19.8 Å². The Balaban J connectivity index is 1.38. The monoisotopic (exact) mass is 411 g/mol. The second-order valence-corrected chi connectivity index (χ2v) is 7.07. The smallest absolute Gasteiger partial charge is 0.322 e. The maximum absolute atomic E-state index is 12.5. The number of hydrogen-bond donors (Lipinski definition) is 1. The Hall–Kier alpha value is -4.06. The molecule has 3 aromatic carbocycles. The molecule has 1 amide bonds. The number of anilines is 1. The maximum atomic E-state index is 12.5. The van der Waals surface area contributed by atoms with E-state index in [1.807, 2.05) is 30.3 Å². The van der Waals surface area contributed by atoms with Crippen LogP contribution in [0, 0.1) is 0 Å². The molecule has 0 fully saturated rings. The quantitative estimate of drug-likeness (QED) is 0.445. The van der Waals surface area contributed by atoms with Gasteiger partial charge in [-0.1, -0.05) is 78.8 Å². The summed E-state index contributed by atoms with van der Waals surface area (Å²) in [6, 6.07) is 23.7. The van der Waals surface area contributed by atoms with Crippen LogP contribution in [0.5, 0.6) is 0 Å². The van der Waals surface area contributed by atoms with Gasteiger partial charge in [0.15, 0.2) is 5.78 Å². The van der Waals surface area contributed by atoms with Crippen molar-refractivity contribution in [3.63, 3.8) is 0 Å². The van der Waals surface area contributed by atoms with E-state index in [9.17, 15) is 9.59 Å². The van der Waals surface area contributed by atoms with Gasteiger partial charge in [0.25, 0.3) is 5.91 Å². The number of aryl methyl sites for hydroxylation is 1. The van der Waals surface area contributed by atoms with E-state index in [1.54, 1.807) is 36.4 Å². The highest BCUT2D eigenvalue weighted by Gasteiger charge is 2.14. The fraction of sp³-hybridized carbons (Fsp3) is 0.120. The van der Waals surface area contributed by atoms with Crippen molar-refractivity contribution in [1.82, 2.24) is 10.2 Å². The summed E-state index contributed by atoms with van der Waals surface area (Å²) in [4.78, 5) is 25.0. The van der Waals surface area contributed by atoms with Crippen molar-refractivity contribution in [1.29, 1.82) is 0 Å². The van der Waals surface area contributed by atoms with Crippen LogP contribution in [0.2, 0.25) is 0 Å². The van der Waals surface area contributed by atoms with Gasteiger partial charge in [-0.05, 0) is 29.7 Å². The van der Waals surface area contributed by atoms with Crippen LogP contribution in [0.15, 0.2) is 83.3 Å². The molecule has 154 valence electrons. The van der Waals surface area contributed by atoms with Crippen LogP contribution in [0.4, 0.5) is 6.01 Å². The molecule has 0 bridgehead atoms. The summed E-state index contributed by atoms with van der Waals surface area (Å²) >= 11 is 0. The Morgan fingerprint density at radius 3 is 2.06 bits per heavy atom. The molecule has 0 spiro atoms. The number of amides is 1. The third-order valence-electron chi connectivity index (χ3n) is 4.92. The minimum atomic E-state index is -0.388. The highest BCUT2D eigenvalue weighted by atomic mass is 16.4. The van der Waals surface area contributed by atoms with Crippen molar-refractivity contribution in [2.24, 2.45) is 0 Å². The lowest BCUT2D eigenvalue weighted by atomic mass is 10.0. The van der Waals surface area contributed by atoms with Gasteiger partial charge < -0.3 is 4.42 Å². The van der Waals surface area contributed by atoms with E-state index in [1.165, 1.54) is 5.56 Å². The average molecular weight is 411 g/mol. The average Bonchev–Trinajstić information content (AvgIpc) is 3.26. The van der Waals surface area contributed by atoms with Gasteiger partial charge >= 0.3 is 6.01 Å². The predicted octanol–water partition coefficient (Wildman–Crippen LogP) is 4.71. The van der Waals surface area contributed by atoms with Crippen LogP contribution < -0.4 is 5.32 Å². The van der Waals surface area contributed by atoms with E-state index in [0.29, 0.717) is 29.0 Å². The number of benzene rings is 3. The largest absolute Gasteiger partial charge is 0.407 e. The predicted molar refractivity (Wildman–Crippen MR) is 117 cm³/mol. The molecule has 1 heterocycles. The van der Waals surface area contributed by atoms with E-state index in [-0.39, 0.29) is 17.7 Å². The summed E-state index contributed by atoms with van der Waals surface area (Å²) < 4.78 is 5.55.